The molecular weight excluding hydrogens is 370 g/mol. The lowest BCUT2D eigenvalue weighted by atomic mass is 9.81. The Kier molecular flexibility index (Phi) is 4.44. The van der Waals surface area contributed by atoms with Crippen LogP contribution >= 0.6 is 0 Å². The van der Waals surface area contributed by atoms with Crippen LogP contribution in [-0.4, -0.2) is 54.3 Å². The lowest BCUT2D eigenvalue weighted by Gasteiger charge is -2.30. The average Bonchev–Trinajstić information content (AvgIpc) is 3.55. The molecule has 1 unspecified atom stereocenters. The van der Waals surface area contributed by atoms with Crippen LogP contribution in [0.5, 0.6) is 0 Å². The zero-order chi connectivity index (χ0) is 19.3. The van der Waals surface area contributed by atoms with Crippen molar-refractivity contribution in [3.8, 4) is 0 Å². The second-order valence-electron chi connectivity index (χ2n) is 8.14. The monoisotopic (exact) mass is 395 g/mol. The lowest BCUT2D eigenvalue weighted by molar-refractivity contribution is -0.130. The second kappa shape index (κ2) is 6.42. The summed E-state index contributed by atoms with van der Waals surface area (Å²) in [6, 6.07) is -0.611. The summed E-state index contributed by atoms with van der Waals surface area (Å²) < 4.78 is 26.1. The van der Waals surface area contributed by atoms with Crippen molar-refractivity contribution in [2.75, 3.05) is 6.54 Å². The highest BCUT2D eigenvalue weighted by molar-refractivity contribution is 7.90. The van der Waals surface area contributed by atoms with Gasteiger partial charge in [0.25, 0.3) is 5.91 Å². The van der Waals surface area contributed by atoms with Crippen molar-refractivity contribution in [2.24, 2.45) is 5.92 Å². The number of allylic oxidation sites excluding steroid dienone is 3. The van der Waals surface area contributed by atoms with Gasteiger partial charge < -0.3 is 15.7 Å². The smallest absolute Gasteiger partial charge is 0.259 e. The zero-order valence-electron chi connectivity index (χ0n) is 15.0. The number of carbonyl (C=O) groups is 2. The van der Waals surface area contributed by atoms with Crippen LogP contribution < -0.4 is 15.4 Å². The summed E-state index contributed by atoms with van der Waals surface area (Å²) in [6.45, 7) is 0.295. The summed E-state index contributed by atoms with van der Waals surface area (Å²) in [4.78, 5) is 25.1. The Morgan fingerprint density at radius 1 is 1.19 bits per heavy atom. The van der Waals surface area contributed by atoms with Crippen molar-refractivity contribution < 1.29 is 23.1 Å². The largest absolute Gasteiger partial charge is 0.388 e. The molecule has 0 radical (unpaired) electrons. The first-order valence-corrected chi connectivity index (χ1v) is 11.0. The molecule has 148 valence electrons. The number of carbonyl (C=O) groups excluding carboxylic acids is 2. The van der Waals surface area contributed by atoms with Crippen molar-refractivity contribution in [3.63, 3.8) is 0 Å². The summed E-state index contributed by atoms with van der Waals surface area (Å²) in [5, 5.41) is 16.2. The topological polar surface area (TPSA) is 125 Å². The minimum absolute atomic E-state index is 0.0605. The normalized spacial score (nSPS) is 34.3. The number of sulfonamides is 1. The molecule has 0 spiro atoms. The average molecular weight is 395 g/mol. The van der Waals surface area contributed by atoms with Gasteiger partial charge in [0.15, 0.2) is 0 Å². The van der Waals surface area contributed by atoms with Crippen LogP contribution in [0.2, 0.25) is 0 Å². The highest BCUT2D eigenvalue weighted by Gasteiger charge is 2.55. The fourth-order valence-electron chi connectivity index (χ4n) is 3.79. The molecule has 1 aliphatic heterocycles. The van der Waals surface area contributed by atoms with Crippen LogP contribution in [0.4, 0.5) is 0 Å². The molecule has 9 heteroatoms. The lowest BCUT2D eigenvalue weighted by Crippen LogP contribution is -2.54. The maximum absolute atomic E-state index is 12.6. The summed E-state index contributed by atoms with van der Waals surface area (Å²) in [7, 11) is -3.64. The van der Waals surface area contributed by atoms with Gasteiger partial charge in [0.2, 0.25) is 15.9 Å². The number of β-amino-alcohol motifs (C(OH)–C–C–N with tert-alkyl or cyclic N) is 1. The Morgan fingerprint density at radius 3 is 2.52 bits per heavy atom. The molecule has 2 saturated carbocycles. The van der Waals surface area contributed by atoms with Gasteiger partial charge in [-0.05, 0) is 32.1 Å². The second-order valence-corrected chi connectivity index (χ2v) is 10.1. The molecule has 2 amide bonds. The highest BCUT2D eigenvalue weighted by Crippen LogP contribution is 2.38. The summed E-state index contributed by atoms with van der Waals surface area (Å²) in [5.41, 5.74) is -2.16. The van der Waals surface area contributed by atoms with E-state index in [1.54, 1.807) is 0 Å². The van der Waals surface area contributed by atoms with Gasteiger partial charge in [-0.15, -0.1) is 0 Å². The molecule has 8 nitrogen and oxygen atoms in total. The highest BCUT2D eigenvalue weighted by atomic mass is 32.2. The molecule has 4 N–H and O–H groups in total. The summed E-state index contributed by atoms with van der Waals surface area (Å²) in [5.74, 6) is -1.09. The predicted octanol–water partition coefficient (Wildman–Crippen LogP) is -0.531. The first-order chi connectivity index (χ1) is 12.7. The maximum atomic E-state index is 12.6. The number of aliphatic hydroxyl groups is 1. The van der Waals surface area contributed by atoms with Gasteiger partial charge in [-0.1, -0.05) is 24.3 Å². The van der Waals surface area contributed by atoms with Gasteiger partial charge in [-0.3, -0.25) is 14.3 Å². The first-order valence-electron chi connectivity index (χ1n) is 9.41. The number of hydrogen-bond donors (Lipinski definition) is 4. The van der Waals surface area contributed by atoms with E-state index in [4.69, 9.17) is 0 Å². The van der Waals surface area contributed by atoms with Crippen molar-refractivity contribution in [1.82, 2.24) is 15.4 Å². The minimum Gasteiger partial charge on any atom is -0.388 e. The van der Waals surface area contributed by atoms with Crippen LogP contribution in [0.1, 0.15) is 38.5 Å². The van der Waals surface area contributed by atoms with Gasteiger partial charge >= 0.3 is 0 Å². The minimum atomic E-state index is -3.64. The van der Waals surface area contributed by atoms with E-state index in [0.29, 0.717) is 38.6 Å². The quantitative estimate of drug-likeness (QED) is 0.479. The first kappa shape index (κ1) is 18.6. The van der Waals surface area contributed by atoms with E-state index in [2.05, 4.69) is 15.4 Å². The maximum Gasteiger partial charge on any atom is 0.259 e. The van der Waals surface area contributed by atoms with Crippen LogP contribution in [0.15, 0.2) is 24.3 Å². The van der Waals surface area contributed by atoms with Gasteiger partial charge in [0.1, 0.15) is 5.54 Å². The van der Waals surface area contributed by atoms with Crippen LogP contribution in [0.3, 0.4) is 0 Å². The molecule has 0 aromatic carbocycles. The fourth-order valence-corrected chi connectivity index (χ4v) is 5.17. The number of amides is 2. The Balaban J connectivity index is 1.36. The molecule has 0 bridgehead atoms. The van der Waals surface area contributed by atoms with E-state index in [1.807, 2.05) is 24.3 Å². The van der Waals surface area contributed by atoms with Crippen molar-refractivity contribution in [3.05, 3.63) is 24.3 Å². The van der Waals surface area contributed by atoms with E-state index in [9.17, 15) is 23.1 Å². The van der Waals surface area contributed by atoms with Gasteiger partial charge in [-0.2, -0.15) is 0 Å². The van der Waals surface area contributed by atoms with Crippen LogP contribution in [0.25, 0.3) is 0 Å². The standard InChI is InChI=1S/C18H25N3O5S/c22-15(14-10-18(24,11-19-14)12-4-2-1-3-5-12)20-17(8-9-17)16(23)21-27(25,26)13-6-7-13/h1-4,12-14,19,24H,5-11H2,(H,20,22)(H,21,23)/t12?,14-,18-/m0/s1. The third-order valence-corrected chi connectivity index (χ3v) is 7.76. The van der Waals surface area contributed by atoms with Crippen molar-refractivity contribution >= 4 is 21.8 Å². The molecular formula is C18H25N3O5S. The molecule has 4 rings (SSSR count). The zero-order valence-corrected chi connectivity index (χ0v) is 15.8. The number of nitrogens with one attached hydrogen (secondary N) is 3. The molecule has 3 aliphatic carbocycles. The van der Waals surface area contributed by atoms with E-state index < -0.39 is 38.4 Å². The van der Waals surface area contributed by atoms with E-state index >= 15 is 0 Å². The summed E-state index contributed by atoms with van der Waals surface area (Å²) >= 11 is 0. The molecule has 0 aromatic heterocycles. The third kappa shape index (κ3) is 3.68. The number of hydrogen-bond acceptors (Lipinski definition) is 6. The third-order valence-electron chi connectivity index (χ3n) is 5.94. The molecule has 1 saturated heterocycles. The molecule has 0 aromatic rings. The molecule has 4 aliphatic rings. The predicted molar refractivity (Wildman–Crippen MR) is 97.9 cm³/mol. The Hall–Kier alpha value is -1.71. The molecule has 1 heterocycles. The van der Waals surface area contributed by atoms with E-state index in [1.165, 1.54) is 0 Å². The Morgan fingerprint density at radius 2 is 1.93 bits per heavy atom. The Bertz CT molecular complexity index is 813. The number of rotatable bonds is 6. The van der Waals surface area contributed by atoms with Gasteiger partial charge in [0, 0.05) is 18.9 Å². The molecule has 27 heavy (non-hydrogen) atoms. The van der Waals surface area contributed by atoms with Crippen molar-refractivity contribution in [2.45, 2.75) is 61.0 Å². The molecule has 3 fully saturated rings. The summed E-state index contributed by atoms with van der Waals surface area (Å²) in [6.07, 6.45) is 10.7. The van der Waals surface area contributed by atoms with Crippen LogP contribution in [0, 0.1) is 5.92 Å². The van der Waals surface area contributed by atoms with E-state index in [0.717, 1.165) is 0 Å². The van der Waals surface area contributed by atoms with Gasteiger partial charge in [-0.25, -0.2) is 8.42 Å². The SMILES string of the molecule is O=C(NC1(C(=O)NS(=O)(=O)C2CC2)CC1)[C@@H]1C[C@@](O)(C2C=CC=CC2)CN1. The molecule has 3 atom stereocenters. The van der Waals surface area contributed by atoms with Crippen LogP contribution in [-0.2, 0) is 19.6 Å². The Labute approximate surface area is 158 Å². The fraction of sp³-hybridized carbons (Fsp3) is 0.667. The van der Waals surface area contributed by atoms with Gasteiger partial charge in [0.05, 0.1) is 16.9 Å². The van der Waals surface area contributed by atoms with E-state index in [-0.39, 0.29) is 18.2 Å². The van der Waals surface area contributed by atoms with Crippen molar-refractivity contribution in [1.29, 1.82) is 0 Å².